The molecule has 0 saturated carbocycles. The molecule has 0 aliphatic carbocycles. The molecule has 1 unspecified atom stereocenters. The van der Waals surface area contributed by atoms with Gasteiger partial charge < -0.3 is 10.1 Å². The highest BCUT2D eigenvalue weighted by atomic mass is 16.5. The van der Waals surface area contributed by atoms with Crippen molar-refractivity contribution in [1.82, 2.24) is 5.32 Å². The predicted molar refractivity (Wildman–Crippen MR) is 65.2 cm³/mol. The van der Waals surface area contributed by atoms with E-state index in [2.05, 4.69) is 24.4 Å². The third-order valence-corrected chi connectivity index (χ3v) is 3.69. The first-order chi connectivity index (χ1) is 7.84. The second kappa shape index (κ2) is 4.10. The number of nitrogens with one attached hydrogen (secondary N) is 1. The van der Waals surface area contributed by atoms with Gasteiger partial charge in [-0.1, -0.05) is 17.7 Å². The molecule has 1 atom stereocenters. The molecule has 2 heteroatoms. The van der Waals surface area contributed by atoms with E-state index in [0.717, 1.165) is 19.6 Å². The minimum atomic E-state index is 0.653. The maximum absolute atomic E-state index is 5.81. The van der Waals surface area contributed by atoms with Crippen LogP contribution in [-0.4, -0.2) is 19.7 Å². The maximum atomic E-state index is 5.81. The zero-order valence-corrected chi connectivity index (χ0v) is 9.88. The van der Waals surface area contributed by atoms with E-state index in [1.807, 2.05) is 0 Å². The van der Waals surface area contributed by atoms with Gasteiger partial charge in [0.15, 0.2) is 0 Å². The van der Waals surface area contributed by atoms with Crippen LogP contribution >= 0.6 is 0 Å². The van der Waals surface area contributed by atoms with Crippen molar-refractivity contribution in [3.63, 3.8) is 0 Å². The molecule has 16 heavy (non-hydrogen) atoms. The maximum Gasteiger partial charge on any atom is 0.126 e. The average Bonchev–Trinajstić information content (AvgIpc) is 2.77. The van der Waals surface area contributed by atoms with E-state index in [4.69, 9.17) is 4.74 Å². The van der Waals surface area contributed by atoms with Crippen LogP contribution in [0.2, 0.25) is 0 Å². The summed E-state index contributed by atoms with van der Waals surface area (Å²) < 4.78 is 5.81. The lowest BCUT2D eigenvalue weighted by atomic mass is 9.88. The Labute approximate surface area is 97.0 Å². The van der Waals surface area contributed by atoms with Crippen molar-refractivity contribution < 1.29 is 4.74 Å². The minimum absolute atomic E-state index is 0.653. The van der Waals surface area contributed by atoms with Crippen LogP contribution in [0.15, 0.2) is 12.1 Å². The summed E-state index contributed by atoms with van der Waals surface area (Å²) >= 11 is 0. The molecule has 0 bridgehead atoms. The number of fused-ring (bicyclic) bond motifs is 1. The molecule has 1 saturated heterocycles. The minimum Gasteiger partial charge on any atom is -0.493 e. The number of hydrogen-bond acceptors (Lipinski definition) is 2. The first-order valence-corrected chi connectivity index (χ1v) is 6.31. The Balaban J connectivity index is 1.99. The predicted octanol–water partition coefficient (Wildman–Crippen LogP) is 2.40. The van der Waals surface area contributed by atoms with Gasteiger partial charge in [0.1, 0.15) is 5.75 Å². The first-order valence-electron chi connectivity index (χ1n) is 6.31. The Kier molecular flexibility index (Phi) is 2.60. The highest BCUT2D eigenvalue weighted by molar-refractivity contribution is 5.48. The average molecular weight is 217 g/mol. The summed E-state index contributed by atoms with van der Waals surface area (Å²) in [5.41, 5.74) is 4.24. The third kappa shape index (κ3) is 1.71. The molecule has 0 amide bonds. The summed E-state index contributed by atoms with van der Waals surface area (Å²) in [7, 11) is 0. The molecule has 0 aromatic heterocycles. The second-order valence-corrected chi connectivity index (χ2v) is 4.98. The van der Waals surface area contributed by atoms with Crippen LogP contribution in [0.1, 0.15) is 35.4 Å². The van der Waals surface area contributed by atoms with Crippen molar-refractivity contribution in [2.45, 2.75) is 32.1 Å². The Bertz CT molecular complexity index is 394. The van der Waals surface area contributed by atoms with Gasteiger partial charge >= 0.3 is 0 Å². The number of aryl methyl sites for hydroxylation is 1. The van der Waals surface area contributed by atoms with Crippen molar-refractivity contribution in [3.8, 4) is 5.75 Å². The van der Waals surface area contributed by atoms with E-state index < -0.39 is 0 Å². The van der Waals surface area contributed by atoms with Gasteiger partial charge in [0.05, 0.1) is 6.61 Å². The molecular weight excluding hydrogens is 198 g/mol. The van der Waals surface area contributed by atoms with E-state index >= 15 is 0 Å². The Morgan fingerprint density at radius 2 is 2.31 bits per heavy atom. The number of rotatable bonds is 1. The third-order valence-electron chi connectivity index (χ3n) is 3.69. The van der Waals surface area contributed by atoms with Crippen molar-refractivity contribution in [1.29, 1.82) is 0 Å². The molecule has 3 rings (SSSR count). The van der Waals surface area contributed by atoms with Gasteiger partial charge in [0, 0.05) is 18.9 Å². The lowest BCUT2D eigenvalue weighted by Crippen LogP contribution is -2.28. The highest BCUT2D eigenvalue weighted by Crippen LogP contribution is 2.37. The molecule has 2 aliphatic heterocycles. The SMILES string of the molecule is Cc1cc2c(c(C3CCCNC3)c1)OCC2. The lowest BCUT2D eigenvalue weighted by molar-refractivity contribution is 0.346. The van der Waals surface area contributed by atoms with Crippen molar-refractivity contribution in [2.75, 3.05) is 19.7 Å². The number of hydrogen-bond donors (Lipinski definition) is 1. The fraction of sp³-hybridized carbons (Fsp3) is 0.571. The Hall–Kier alpha value is -1.02. The Morgan fingerprint density at radius 3 is 3.12 bits per heavy atom. The summed E-state index contributed by atoms with van der Waals surface area (Å²) in [6.45, 7) is 5.34. The summed E-state index contributed by atoms with van der Waals surface area (Å²) in [6, 6.07) is 4.60. The van der Waals surface area contributed by atoms with E-state index in [1.54, 1.807) is 0 Å². The van der Waals surface area contributed by atoms with Gasteiger partial charge in [0.25, 0.3) is 0 Å². The van der Waals surface area contributed by atoms with E-state index in [1.165, 1.54) is 41.8 Å². The lowest BCUT2D eigenvalue weighted by Gasteiger charge is -2.25. The first kappa shape index (κ1) is 10.2. The van der Waals surface area contributed by atoms with Crippen LogP contribution in [0.3, 0.4) is 0 Å². The smallest absolute Gasteiger partial charge is 0.126 e. The van der Waals surface area contributed by atoms with Gasteiger partial charge in [-0.3, -0.25) is 0 Å². The van der Waals surface area contributed by atoms with Gasteiger partial charge in [0.2, 0.25) is 0 Å². The van der Waals surface area contributed by atoms with E-state index in [0.29, 0.717) is 5.92 Å². The molecule has 2 aliphatic rings. The fourth-order valence-corrected chi connectivity index (χ4v) is 2.92. The van der Waals surface area contributed by atoms with Crippen LogP contribution in [0.5, 0.6) is 5.75 Å². The largest absolute Gasteiger partial charge is 0.493 e. The molecule has 86 valence electrons. The van der Waals surface area contributed by atoms with Crippen LogP contribution in [-0.2, 0) is 6.42 Å². The van der Waals surface area contributed by atoms with Crippen LogP contribution in [0.4, 0.5) is 0 Å². The van der Waals surface area contributed by atoms with Crippen molar-refractivity contribution in [2.24, 2.45) is 0 Å². The standard InChI is InChI=1S/C14H19NO/c1-10-7-11-4-6-16-14(11)13(8-10)12-3-2-5-15-9-12/h7-8,12,15H,2-6,9H2,1H3. The molecule has 0 radical (unpaired) electrons. The van der Waals surface area contributed by atoms with Gasteiger partial charge in [-0.2, -0.15) is 0 Å². The van der Waals surface area contributed by atoms with Crippen LogP contribution in [0, 0.1) is 6.92 Å². The normalized spacial score (nSPS) is 23.9. The van der Waals surface area contributed by atoms with Crippen LogP contribution < -0.4 is 10.1 Å². The van der Waals surface area contributed by atoms with Crippen LogP contribution in [0.25, 0.3) is 0 Å². The fourth-order valence-electron chi connectivity index (χ4n) is 2.92. The number of benzene rings is 1. The topological polar surface area (TPSA) is 21.3 Å². The zero-order chi connectivity index (χ0) is 11.0. The van der Waals surface area contributed by atoms with Gasteiger partial charge in [-0.25, -0.2) is 0 Å². The second-order valence-electron chi connectivity index (χ2n) is 4.98. The Morgan fingerprint density at radius 1 is 1.38 bits per heavy atom. The molecule has 1 N–H and O–H groups in total. The number of piperidine rings is 1. The molecule has 0 spiro atoms. The van der Waals surface area contributed by atoms with Gasteiger partial charge in [-0.05, 0) is 37.4 Å². The molecule has 1 aromatic carbocycles. The molecule has 2 heterocycles. The summed E-state index contributed by atoms with van der Waals surface area (Å²) in [6.07, 6.45) is 3.67. The van der Waals surface area contributed by atoms with Gasteiger partial charge in [-0.15, -0.1) is 0 Å². The number of ether oxygens (including phenoxy) is 1. The van der Waals surface area contributed by atoms with E-state index in [9.17, 15) is 0 Å². The molecule has 1 fully saturated rings. The quantitative estimate of drug-likeness (QED) is 0.780. The monoisotopic (exact) mass is 217 g/mol. The van der Waals surface area contributed by atoms with E-state index in [-0.39, 0.29) is 0 Å². The zero-order valence-electron chi connectivity index (χ0n) is 9.88. The highest BCUT2D eigenvalue weighted by Gasteiger charge is 2.24. The van der Waals surface area contributed by atoms with Crippen molar-refractivity contribution in [3.05, 3.63) is 28.8 Å². The molecular formula is C14H19NO. The molecule has 2 nitrogen and oxygen atoms in total. The summed E-state index contributed by atoms with van der Waals surface area (Å²) in [5, 5.41) is 3.49. The summed E-state index contributed by atoms with van der Waals surface area (Å²) in [5.74, 6) is 1.85. The van der Waals surface area contributed by atoms with Crippen molar-refractivity contribution >= 4 is 0 Å². The summed E-state index contributed by atoms with van der Waals surface area (Å²) in [4.78, 5) is 0. The molecule has 1 aromatic rings.